The number of carbonyl (C=O) groups is 1. The molecule has 0 saturated carbocycles. The van der Waals surface area contributed by atoms with Crippen molar-refractivity contribution in [1.82, 2.24) is 5.32 Å². The van der Waals surface area contributed by atoms with Crippen molar-refractivity contribution in [3.63, 3.8) is 0 Å². The van der Waals surface area contributed by atoms with Gasteiger partial charge in [0.1, 0.15) is 0 Å². The Bertz CT molecular complexity index is 901. The van der Waals surface area contributed by atoms with Crippen molar-refractivity contribution in [3.05, 3.63) is 59.1 Å². The van der Waals surface area contributed by atoms with E-state index >= 15 is 0 Å². The van der Waals surface area contributed by atoms with Crippen molar-refractivity contribution in [3.8, 4) is 0 Å². The van der Waals surface area contributed by atoms with E-state index in [1.54, 1.807) is 24.3 Å². The summed E-state index contributed by atoms with van der Waals surface area (Å²) >= 11 is 5.89. The highest BCUT2D eigenvalue weighted by Gasteiger charge is 2.16. The number of benzene rings is 2. The molecule has 0 saturated heterocycles. The second-order valence-corrected chi connectivity index (χ2v) is 8.84. The highest BCUT2D eigenvalue weighted by Crippen LogP contribution is 2.20. The van der Waals surface area contributed by atoms with Crippen molar-refractivity contribution in [2.45, 2.75) is 25.2 Å². The van der Waals surface area contributed by atoms with Gasteiger partial charge in [0.05, 0.1) is 10.6 Å². The molecule has 1 amide bonds. The van der Waals surface area contributed by atoms with Gasteiger partial charge >= 0.3 is 0 Å². The fourth-order valence-electron chi connectivity index (χ4n) is 2.37. The molecular weight excluding hydrogens is 400 g/mol. The van der Waals surface area contributed by atoms with Crippen molar-refractivity contribution in [1.29, 1.82) is 0 Å². The molecule has 0 bridgehead atoms. The Hall–Kier alpha value is -2.09. The van der Waals surface area contributed by atoms with Crippen molar-refractivity contribution >= 4 is 33.2 Å². The normalized spacial score (nSPS) is 11.4. The molecule has 28 heavy (non-hydrogen) atoms. The number of hydrogen-bond acceptors (Lipinski definition) is 4. The topological polar surface area (TPSA) is 84.5 Å². The highest BCUT2D eigenvalue weighted by molar-refractivity contribution is 7.92. The molecule has 0 heterocycles. The van der Waals surface area contributed by atoms with E-state index in [2.05, 4.69) is 23.9 Å². The van der Waals surface area contributed by atoms with Crippen LogP contribution in [0.4, 0.5) is 5.69 Å². The number of carbonyl (C=O) groups excluding carboxylic acids is 1. The van der Waals surface area contributed by atoms with E-state index in [1.807, 2.05) is 0 Å². The van der Waals surface area contributed by atoms with Gasteiger partial charge in [-0.1, -0.05) is 37.6 Å². The van der Waals surface area contributed by atoms with E-state index in [1.165, 1.54) is 24.3 Å². The number of amides is 1. The van der Waals surface area contributed by atoms with Crippen molar-refractivity contribution in [2.75, 3.05) is 24.5 Å². The average molecular weight is 425 g/mol. The third-order valence-corrected chi connectivity index (χ3v) is 5.30. The zero-order chi connectivity index (χ0) is 20.6. The summed E-state index contributed by atoms with van der Waals surface area (Å²) in [6.07, 6.45) is 0.687. The van der Waals surface area contributed by atoms with Crippen molar-refractivity contribution < 1.29 is 17.9 Å². The number of nitrogens with one attached hydrogen (secondary N) is 2. The molecule has 0 unspecified atom stereocenters. The summed E-state index contributed by atoms with van der Waals surface area (Å²) in [4.78, 5) is 12.3. The predicted octanol–water partition coefficient (Wildman–Crippen LogP) is 3.93. The van der Waals surface area contributed by atoms with Crippen LogP contribution in [0.1, 0.15) is 30.6 Å². The number of rotatable bonds is 10. The number of hydrogen-bond donors (Lipinski definition) is 2. The van der Waals surface area contributed by atoms with Crippen LogP contribution in [-0.2, 0) is 14.8 Å². The molecule has 6 nitrogen and oxygen atoms in total. The molecule has 0 fully saturated rings. The van der Waals surface area contributed by atoms with Crippen LogP contribution < -0.4 is 10.0 Å². The van der Waals surface area contributed by atoms with Crippen LogP contribution in [0.3, 0.4) is 0 Å². The molecule has 0 atom stereocenters. The maximum Gasteiger partial charge on any atom is 0.261 e. The zero-order valence-electron chi connectivity index (χ0n) is 15.9. The zero-order valence-corrected chi connectivity index (χ0v) is 17.5. The van der Waals surface area contributed by atoms with Gasteiger partial charge in [0.25, 0.3) is 15.9 Å². The largest absolute Gasteiger partial charge is 0.381 e. The summed E-state index contributed by atoms with van der Waals surface area (Å²) in [5, 5.41) is 3.19. The fraction of sp³-hybridized carbons (Fsp3) is 0.350. The van der Waals surface area contributed by atoms with Crippen molar-refractivity contribution in [2.24, 2.45) is 5.92 Å². The number of sulfonamides is 1. The Kier molecular flexibility index (Phi) is 8.29. The van der Waals surface area contributed by atoms with Crippen LogP contribution in [-0.4, -0.2) is 34.1 Å². The molecule has 0 aliphatic heterocycles. The number of halogens is 1. The lowest BCUT2D eigenvalue weighted by molar-refractivity contribution is 0.0925. The minimum atomic E-state index is -3.84. The Labute approximate surface area is 171 Å². The second kappa shape index (κ2) is 10.5. The van der Waals surface area contributed by atoms with Crippen LogP contribution in [0.5, 0.6) is 0 Å². The fourth-order valence-corrected chi connectivity index (χ4v) is 3.65. The quantitative estimate of drug-likeness (QED) is 0.566. The van der Waals surface area contributed by atoms with E-state index < -0.39 is 10.0 Å². The van der Waals surface area contributed by atoms with E-state index in [0.717, 1.165) is 0 Å². The van der Waals surface area contributed by atoms with Crippen LogP contribution in [0.25, 0.3) is 0 Å². The summed E-state index contributed by atoms with van der Waals surface area (Å²) in [5.74, 6) is 0.142. The summed E-state index contributed by atoms with van der Waals surface area (Å²) in [6, 6.07) is 12.3. The smallest absolute Gasteiger partial charge is 0.261 e. The molecule has 152 valence electrons. The molecule has 0 radical (unpaired) electrons. The lowest BCUT2D eigenvalue weighted by Gasteiger charge is -2.10. The maximum absolute atomic E-state index is 12.6. The standard InChI is InChI=1S/C20H25ClN2O4S/c1-15(2)14-27-11-5-10-22-20(24)16-6-3-9-19(12-16)28(25,26)23-18-8-4-7-17(21)13-18/h3-4,6-9,12-13,15,23H,5,10-11,14H2,1-2H3,(H,22,24). The first-order chi connectivity index (χ1) is 13.3. The van der Waals surface area contributed by atoms with Crippen LogP contribution in [0, 0.1) is 5.92 Å². The molecular formula is C20H25ClN2O4S. The highest BCUT2D eigenvalue weighted by atomic mass is 35.5. The molecule has 0 spiro atoms. The molecule has 2 aromatic rings. The van der Waals surface area contributed by atoms with Gasteiger partial charge in [0, 0.05) is 30.3 Å². The SMILES string of the molecule is CC(C)COCCCNC(=O)c1cccc(S(=O)(=O)Nc2cccc(Cl)c2)c1. The minimum Gasteiger partial charge on any atom is -0.381 e. The van der Waals surface area contributed by atoms with Gasteiger partial charge in [-0.25, -0.2) is 8.42 Å². The van der Waals surface area contributed by atoms with Gasteiger partial charge < -0.3 is 10.1 Å². The molecule has 2 rings (SSSR count). The van der Waals surface area contributed by atoms with Gasteiger partial charge in [-0.05, 0) is 48.7 Å². The van der Waals surface area contributed by atoms with E-state index in [-0.39, 0.29) is 16.4 Å². The van der Waals surface area contributed by atoms with Crippen LogP contribution >= 0.6 is 11.6 Å². The van der Waals surface area contributed by atoms with Crippen LogP contribution in [0.2, 0.25) is 5.02 Å². The number of anilines is 1. The third-order valence-electron chi connectivity index (χ3n) is 3.69. The lowest BCUT2D eigenvalue weighted by Crippen LogP contribution is -2.25. The van der Waals surface area contributed by atoms with E-state index in [0.29, 0.717) is 42.8 Å². The molecule has 8 heteroatoms. The molecule has 0 aliphatic rings. The predicted molar refractivity (Wildman–Crippen MR) is 111 cm³/mol. The first kappa shape index (κ1) is 22.2. The van der Waals surface area contributed by atoms with Gasteiger partial charge in [-0.15, -0.1) is 0 Å². The number of ether oxygens (including phenoxy) is 1. The van der Waals surface area contributed by atoms with Gasteiger partial charge in [0.2, 0.25) is 0 Å². The summed E-state index contributed by atoms with van der Waals surface area (Å²) in [6.45, 7) is 5.85. The first-order valence-corrected chi connectivity index (χ1v) is 10.9. The monoisotopic (exact) mass is 424 g/mol. The van der Waals surface area contributed by atoms with Gasteiger partial charge in [-0.3, -0.25) is 9.52 Å². The van der Waals surface area contributed by atoms with Gasteiger partial charge in [0.15, 0.2) is 0 Å². The van der Waals surface area contributed by atoms with E-state index in [9.17, 15) is 13.2 Å². The Balaban J connectivity index is 1.96. The molecule has 0 aliphatic carbocycles. The first-order valence-electron chi connectivity index (χ1n) is 9.02. The van der Waals surface area contributed by atoms with Gasteiger partial charge in [-0.2, -0.15) is 0 Å². The summed E-state index contributed by atoms with van der Waals surface area (Å²) < 4.78 is 33.1. The molecule has 2 N–H and O–H groups in total. The lowest BCUT2D eigenvalue weighted by atomic mass is 10.2. The summed E-state index contributed by atoms with van der Waals surface area (Å²) in [7, 11) is -3.84. The van der Waals surface area contributed by atoms with Crippen LogP contribution in [0.15, 0.2) is 53.4 Å². The second-order valence-electron chi connectivity index (χ2n) is 6.72. The maximum atomic E-state index is 12.6. The average Bonchev–Trinajstić information content (AvgIpc) is 2.64. The third kappa shape index (κ3) is 7.14. The van der Waals surface area contributed by atoms with E-state index in [4.69, 9.17) is 16.3 Å². The Morgan fingerprint density at radius 3 is 2.61 bits per heavy atom. The molecule has 0 aromatic heterocycles. The molecule has 2 aromatic carbocycles. The Morgan fingerprint density at radius 2 is 1.89 bits per heavy atom. The minimum absolute atomic E-state index is 0.000363. The summed E-state index contributed by atoms with van der Waals surface area (Å²) in [5.41, 5.74) is 0.626. The Morgan fingerprint density at radius 1 is 1.14 bits per heavy atom.